The lowest BCUT2D eigenvalue weighted by atomic mass is 9.78. The number of aliphatic hydroxyl groups excluding tert-OH is 1. The average Bonchev–Trinajstić information content (AvgIpc) is 3.55. The Labute approximate surface area is 303 Å². The number of ether oxygens (including phenoxy) is 2. The highest BCUT2D eigenvalue weighted by Gasteiger charge is 2.38. The van der Waals surface area contributed by atoms with Crippen molar-refractivity contribution in [2.24, 2.45) is 0 Å². The fourth-order valence-corrected chi connectivity index (χ4v) is 6.68. The number of carbonyl (C=O) groups excluding carboxylic acids is 3. The van der Waals surface area contributed by atoms with Gasteiger partial charge in [0.15, 0.2) is 6.23 Å². The van der Waals surface area contributed by atoms with Crippen LogP contribution in [0.3, 0.4) is 0 Å². The fourth-order valence-electron chi connectivity index (χ4n) is 6.68. The molecule has 0 bridgehead atoms. The number of fused-ring (bicyclic) bond motifs is 2. The van der Waals surface area contributed by atoms with E-state index < -0.39 is 35.6 Å². The van der Waals surface area contributed by atoms with Crippen molar-refractivity contribution < 1.29 is 37.7 Å². The van der Waals surface area contributed by atoms with Crippen LogP contribution in [0.5, 0.6) is 23.0 Å². The number of nitrogens with zero attached hydrogens (tertiary/aromatic N) is 2. The Morgan fingerprint density at radius 2 is 0.962 bits per heavy atom. The molecule has 262 valence electrons. The summed E-state index contributed by atoms with van der Waals surface area (Å²) in [5, 5.41) is 10.7. The van der Waals surface area contributed by atoms with E-state index in [0.29, 0.717) is 39.9 Å². The number of imide groups is 1. The predicted octanol–water partition coefficient (Wildman–Crippen LogP) is 9.33. The molecule has 8 rings (SSSR count). The third-order valence-corrected chi connectivity index (χ3v) is 9.67. The van der Waals surface area contributed by atoms with Crippen LogP contribution >= 0.6 is 0 Å². The van der Waals surface area contributed by atoms with Gasteiger partial charge in [-0.15, -0.1) is 0 Å². The summed E-state index contributed by atoms with van der Waals surface area (Å²) in [6, 6.07) is 36.1. The van der Waals surface area contributed by atoms with Gasteiger partial charge in [-0.3, -0.25) is 19.3 Å². The van der Waals surface area contributed by atoms with Crippen LogP contribution in [-0.4, -0.2) is 22.8 Å². The molecule has 6 aromatic rings. The van der Waals surface area contributed by atoms with Gasteiger partial charge in [0.05, 0.1) is 22.4 Å². The third-order valence-electron chi connectivity index (χ3n) is 9.67. The molecular formula is C43H30F2N2O6. The SMILES string of the molecule is CC(C)(c1ccc(Oc2ccc(N3C(=O)c4ccc(F)cc4C3=O)cc2)cc1)c1ccc(Oc2ccc(N3C(=O)c4cc(F)ccc4C3O)cc2)cc1. The van der Waals surface area contributed by atoms with Gasteiger partial charge in [-0.05, 0) is 114 Å². The lowest BCUT2D eigenvalue weighted by Crippen LogP contribution is -2.29. The predicted molar refractivity (Wildman–Crippen MR) is 194 cm³/mol. The van der Waals surface area contributed by atoms with E-state index in [-0.39, 0.29) is 22.1 Å². The zero-order valence-corrected chi connectivity index (χ0v) is 28.4. The van der Waals surface area contributed by atoms with E-state index in [0.717, 1.165) is 34.2 Å². The molecule has 0 aliphatic carbocycles. The van der Waals surface area contributed by atoms with Crippen molar-refractivity contribution in [2.75, 3.05) is 9.80 Å². The molecule has 6 aromatic carbocycles. The Balaban J connectivity index is 0.895. The molecule has 2 heterocycles. The van der Waals surface area contributed by atoms with Gasteiger partial charge in [0.25, 0.3) is 17.7 Å². The number of hydrogen-bond donors (Lipinski definition) is 1. The van der Waals surface area contributed by atoms with Crippen molar-refractivity contribution in [3.8, 4) is 23.0 Å². The molecule has 0 fully saturated rings. The van der Waals surface area contributed by atoms with E-state index in [9.17, 15) is 28.3 Å². The summed E-state index contributed by atoms with van der Waals surface area (Å²) in [5.74, 6) is -0.405. The Kier molecular flexibility index (Phi) is 8.11. The first kappa shape index (κ1) is 33.5. The minimum atomic E-state index is -1.21. The number of carbonyl (C=O) groups is 3. The molecule has 0 radical (unpaired) electrons. The number of hydrogen-bond acceptors (Lipinski definition) is 6. The first-order chi connectivity index (χ1) is 25.5. The molecular weight excluding hydrogens is 678 g/mol. The normalized spacial score (nSPS) is 15.1. The maximum absolute atomic E-state index is 13.7. The van der Waals surface area contributed by atoms with Gasteiger partial charge in [0, 0.05) is 16.7 Å². The summed E-state index contributed by atoms with van der Waals surface area (Å²) < 4.78 is 39.5. The molecule has 1 N–H and O–H groups in total. The highest BCUT2D eigenvalue weighted by molar-refractivity contribution is 6.34. The number of rotatable bonds is 8. The fraction of sp³-hybridized carbons (Fsp3) is 0.0930. The number of anilines is 2. The molecule has 3 amide bonds. The van der Waals surface area contributed by atoms with Crippen LogP contribution < -0.4 is 19.3 Å². The van der Waals surface area contributed by atoms with Crippen LogP contribution in [0.4, 0.5) is 20.2 Å². The van der Waals surface area contributed by atoms with Gasteiger partial charge in [-0.1, -0.05) is 44.2 Å². The summed E-state index contributed by atoms with van der Waals surface area (Å²) >= 11 is 0. The van der Waals surface area contributed by atoms with Crippen LogP contribution in [0.2, 0.25) is 0 Å². The minimum absolute atomic E-state index is 0.0403. The zero-order valence-electron chi connectivity index (χ0n) is 28.4. The zero-order chi connectivity index (χ0) is 37.0. The van der Waals surface area contributed by atoms with Crippen LogP contribution in [0.25, 0.3) is 0 Å². The standard InChI is InChI=1S/C43H30F2N2O6/c1-43(2,25-3-13-31(14-4-25)52-33-17-9-29(10-18-33)46-39(48)35-21-7-27(44)23-37(35)41(46)50)26-5-15-32(16-6-26)53-34-19-11-30(12-20-34)47-40(49)36-22-8-28(45)24-38(36)42(47)51/h3-24,39,48H,1-2H3. The van der Waals surface area contributed by atoms with Crippen molar-refractivity contribution in [2.45, 2.75) is 25.5 Å². The second-order valence-electron chi connectivity index (χ2n) is 13.3. The van der Waals surface area contributed by atoms with Gasteiger partial charge in [0.1, 0.15) is 34.6 Å². The first-order valence-electron chi connectivity index (χ1n) is 16.7. The minimum Gasteiger partial charge on any atom is -0.457 e. The number of amides is 3. The van der Waals surface area contributed by atoms with Crippen LogP contribution in [0, 0.1) is 11.6 Å². The summed E-state index contributed by atoms with van der Waals surface area (Å²) in [4.78, 5) is 40.8. The van der Waals surface area contributed by atoms with Crippen LogP contribution in [0.15, 0.2) is 133 Å². The van der Waals surface area contributed by atoms with Crippen molar-refractivity contribution in [1.82, 2.24) is 0 Å². The Morgan fingerprint density at radius 1 is 0.528 bits per heavy atom. The quantitative estimate of drug-likeness (QED) is 0.158. The monoisotopic (exact) mass is 708 g/mol. The molecule has 0 aromatic heterocycles. The second-order valence-corrected chi connectivity index (χ2v) is 13.3. The summed E-state index contributed by atoms with van der Waals surface area (Å²) in [6.45, 7) is 4.23. The molecule has 0 saturated carbocycles. The molecule has 1 atom stereocenters. The largest absolute Gasteiger partial charge is 0.457 e. The maximum Gasteiger partial charge on any atom is 0.266 e. The highest BCUT2D eigenvalue weighted by Crippen LogP contribution is 2.38. The van der Waals surface area contributed by atoms with Gasteiger partial charge in [-0.2, -0.15) is 0 Å². The molecule has 8 nitrogen and oxygen atoms in total. The number of halogens is 2. The first-order valence-corrected chi connectivity index (χ1v) is 16.7. The van der Waals surface area contributed by atoms with E-state index in [1.165, 1.54) is 23.1 Å². The molecule has 0 saturated heterocycles. The molecule has 2 aliphatic rings. The highest BCUT2D eigenvalue weighted by atomic mass is 19.1. The second kappa shape index (κ2) is 12.8. The molecule has 0 spiro atoms. The van der Waals surface area contributed by atoms with E-state index in [1.54, 1.807) is 48.5 Å². The Morgan fingerprint density at radius 3 is 1.49 bits per heavy atom. The van der Waals surface area contributed by atoms with Crippen molar-refractivity contribution in [3.63, 3.8) is 0 Å². The smallest absolute Gasteiger partial charge is 0.266 e. The summed E-state index contributed by atoms with van der Waals surface area (Å²) in [6.07, 6.45) is -1.21. The summed E-state index contributed by atoms with van der Waals surface area (Å²) in [5.41, 5.74) is 3.26. The molecule has 1 unspecified atom stereocenters. The third kappa shape index (κ3) is 5.98. The lowest BCUT2D eigenvalue weighted by molar-refractivity contribution is 0.0917. The van der Waals surface area contributed by atoms with Crippen molar-refractivity contribution in [1.29, 1.82) is 0 Å². The average molecular weight is 709 g/mol. The Hall–Kier alpha value is -6.65. The van der Waals surface area contributed by atoms with Gasteiger partial charge < -0.3 is 14.6 Å². The van der Waals surface area contributed by atoms with E-state index in [1.807, 2.05) is 48.5 Å². The number of benzene rings is 6. The van der Waals surface area contributed by atoms with Crippen molar-refractivity contribution >= 4 is 29.1 Å². The molecule has 53 heavy (non-hydrogen) atoms. The topological polar surface area (TPSA) is 96.4 Å². The van der Waals surface area contributed by atoms with Crippen LogP contribution in [-0.2, 0) is 5.41 Å². The van der Waals surface area contributed by atoms with E-state index >= 15 is 0 Å². The molecule has 2 aliphatic heterocycles. The van der Waals surface area contributed by atoms with Crippen molar-refractivity contribution in [3.05, 3.63) is 178 Å². The lowest BCUT2D eigenvalue weighted by Gasteiger charge is -2.26. The van der Waals surface area contributed by atoms with Gasteiger partial charge >= 0.3 is 0 Å². The van der Waals surface area contributed by atoms with Crippen LogP contribution in [0.1, 0.15) is 67.8 Å². The Bertz CT molecular complexity index is 2410. The van der Waals surface area contributed by atoms with E-state index in [2.05, 4.69) is 13.8 Å². The molecule has 10 heteroatoms. The maximum atomic E-state index is 13.7. The van der Waals surface area contributed by atoms with Gasteiger partial charge in [-0.25, -0.2) is 13.7 Å². The van der Waals surface area contributed by atoms with E-state index in [4.69, 9.17) is 9.47 Å². The van der Waals surface area contributed by atoms with Gasteiger partial charge in [0.2, 0.25) is 0 Å². The summed E-state index contributed by atoms with van der Waals surface area (Å²) in [7, 11) is 0. The number of aliphatic hydroxyl groups is 1.